The number of hydrogen-bond acceptors (Lipinski definition) is 3. The predicted octanol–water partition coefficient (Wildman–Crippen LogP) is 2.98. The minimum atomic E-state index is -0.675. The molecule has 0 bridgehead atoms. The van der Waals surface area contributed by atoms with Crippen LogP contribution in [0.2, 0.25) is 4.34 Å². The highest BCUT2D eigenvalue weighted by molar-refractivity contribution is 9.10. The van der Waals surface area contributed by atoms with E-state index in [2.05, 4.69) is 21.0 Å². The highest BCUT2D eigenvalue weighted by Crippen LogP contribution is 2.36. The second-order valence-electron chi connectivity index (χ2n) is 3.05. The molecule has 0 saturated carbocycles. The summed E-state index contributed by atoms with van der Waals surface area (Å²) in [7, 11) is 1.79. The molecule has 0 aromatic carbocycles. The summed E-state index contributed by atoms with van der Waals surface area (Å²) >= 11 is 10.6. The van der Waals surface area contributed by atoms with Crippen LogP contribution in [0.25, 0.3) is 0 Å². The van der Waals surface area contributed by atoms with Crippen molar-refractivity contribution in [2.75, 3.05) is 0 Å². The van der Waals surface area contributed by atoms with Gasteiger partial charge in [-0.2, -0.15) is 5.10 Å². The second-order valence-corrected chi connectivity index (χ2v) is 5.59. The lowest BCUT2D eigenvalue weighted by Crippen LogP contribution is -2.04. The molecule has 15 heavy (non-hydrogen) atoms. The Balaban J connectivity index is 2.36. The van der Waals surface area contributed by atoms with Gasteiger partial charge < -0.3 is 5.11 Å². The third kappa shape index (κ3) is 2.10. The van der Waals surface area contributed by atoms with E-state index in [4.69, 9.17) is 11.6 Å². The molecule has 0 aliphatic heterocycles. The first-order valence-corrected chi connectivity index (χ1v) is 6.19. The number of aromatic nitrogens is 2. The lowest BCUT2D eigenvalue weighted by Gasteiger charge is -2.08. The first-order chi connectivity index (χ1) is 7.09. The summed E-state index contributed by atoms with van der Waals surface area (Å²) < 4.78 is 3.10. The molecule has 3 nitrogen and oxygen atoms in total. The van der Waals surface area contributed by atoms with Gasteiger partial charge in [0.05, 0.1) is 5.69 Å². The van der Waals surface area contributed by atoms with Gasteiger partial charge in [-0.05, 0) is 28.1 Å². The fourth-order valence-corrected chi connectivity index (χ4v) is 3.03. The van der Waals surface area contributed by atoms with E-state index in [0.29, 0.717) is 4.34 Å². The number of aryl methyl sites for hydroxylation is 1. The smallest absolute Gasteiger partial charge is 0.130 e. The molecule has 0 spiro atoms. The molecule has 0 aliphatic carbocycles. The molecule has 1 N–H and O–H groups in total. The lowest BCUT2D eigenvalue weighted by molar-refractivity contribution is 0.213. The third-order valence-electron chi connectivity index (χ3n) is 2.07. The quantitative estimate of drug-likeness (QED) is 0.926. The van der Waals surface area contributed by atoms with Crippen LogP contribution >= 0.6 is 38.9 Å². The minimum absolute atomic E-state index is 0.645. The Hall–Kier alpha value is -0.360. The number of hydrogen-bond donors (Lipinski definition) is 1. The Morgan fingerprint density at radius 1 is 1.67 bits per heavy atom. The summed E-state index contributed by atoms with van der Waals surface area (Å²) in [4.78, 5) is 0.801. The molecule has 80 valence electrons. The molecule has 1 unspecified atom stereocenters. The van der Waals surface area contributed by atoms with Crippen molar-refractivity contribution in [3.63, 3.8) is 0 Å². The molecule has 1 atom stereocenters. The van der Waals surface area contributed by atoms with E-state index in [1.54, 1.807) is 24.0 Å². The largest absolute Gasteiger partial charge is 0.381 e. The third-order valence-corrected chi connectivity index (χ3v) is 4.60. The Kier molecular flexibility index (Phi) is 3.16. The summed E-state index contributed by atoms with van der Waals surface area (Å²) in [6.45, 7) is 0. The first-order valence-electron chi connectivity index (χ1n) is 4.20. The average molecular weight is 308 g/mol. The number of halogens is 2. The topological polar surface area (TPSA) is 38.0 Å². The summed E-state index contributed by atoms with van der Waals surface area (Å²) in [5, 5.41) is 14.1. The molecule has 0 saturated heterocycles. The van der Waals surface area contributed by atoms with Gasteiger partial charge in [0.25, 0.3) is 0 Å². The van der Waals surface area contributed by atoms with Crippen LogP contribution in [0.15, 0.2) is 22.8 Å². The number of thiophene rings is 1. The van der Waals surface area contributed by atoms with Gasteiger partial charge >= 0.3 is 0 Å². The molecule has 6 heteroatoms. The molecule has 2 heterocycles. The van der Waals surface area contributed by atoms with Gasteiger partial charge in [0.1, 0.15) is 10.4 Å². The number of aliphatic hydroxyl groups is 1. The van der Waals surface area contributed by atoms with E-state index in [0.717, 1.165) is 15.0 Å². The van der Waals surface area contributed by atoms with Crippen LogP contribution in [0.1, 0.15) is 16.7 Å². The van der Waals surface area contributed by atoms with Crippen molar-refractivity contribution in [3.8, 4) is 0 Å². The molecule has 2 aromatic rings. The minimum Gasteiger partial charge on any atom is -0.381 e. The zero-order valence-corrected chi connectivity index (χ0v) is 11.0. The van der Waals surface area contributed by atoms with Crippen molar-refractivity contribution >= 4 is 38.9 Å². The van der Waals surface area contributed by atoms with Crippen molar-refractivity contribution in [1.29, 1.82) is 0 Å². The average Bonchev–Trinajstić information content (AvgIpc) is 2.74. The zero-order valence-electron chi connectivity index (χ0n) is 7.82. The predicted molar refractivity (Wildman–Crippen MR) is 64.3 cm³/mol. The van der Waals surface area contributed by atoms with Gasteiger partial charge in [0.2, 0.25) is 0 Å². The van der Waals surface area contributed by atoms with Crippen molar-refractivity contribution in [2.24, 2.45) is 7.05 Å². The van der Waals surface area contributed by atoms with Crippen LogP contribution < -0.4 is 0 Å². The normalized spacial score (nSPS) is 13.1. The second kappa shape index (κ2) is 4.25. The van der Waals surface area contributed by atoms with E-state index in [9.17, 15) is 5.11 Å². The van der Waals surface area contributed by atoms with Crippen LogP contribution in [-0.4, -0.2) is 14.9 Å². The maximum Gasteiger partial charge on any atom is 0.130 e. The van der Waals surface area contributed by atoms with Gasteiger partial charge in [-0.1, -0.05) is 11.6 Å². The number of rotatable bonds is 2. The lowest BCUT2D eigenvalue weighted by atomic mass is 10.2. The highest BCUT2D eigenvalue weighted by atomic mass is 79.9. The molecular weight excluding hydrogens is 300 g/mol. The fraction of sp³-hybridized carbons (Fsp3) is 0.222. The molecule has 2 rings (SSSR count). The van der Waals surface area contributed by atoms with Gasteiger partial charge in [0.15, 0.2) is 0 Å². The Morgan fingerprint density at radius 2 is 2.40 bits per heavy atom. The summed E-state index contributed by atoms with van der Waals surface area (Å²) in [6, 6.07) is 3.61. The molecule has 0 amide bonds. The SMILES string of the molecule is Cn1nccc1C(O)c1cc(Br)c(Cl)s1. The summed E-state index contributed by atoms with van der Waals surface area (Å²) in [6.07, 6.45) is 0.981. The van der Waals surface area contributed by atoms with Crippen molar-refractivity contribution in [1.82, 2.24) is 9.78 Å². The van der Waals surface area contributed by atoms with E-state index in [1.165, 1.54) is 11.3 Å². The Labute approximate surface area is 104 Å². The van der Waals surface area contributed by atoms with Crippen molar-refractivity contribution in [2.45, 2.75) is 6.10 Å². The fourth-order valence-electron chi connectivity index (χ4n) is 1.30. The van der Waals surface area contributed by atoms with Gasteiger partial charge in [0, 0.05) is 22.6 Å². The molecule has 2 aromatic heterocycles. The first kappa shape index (κ1) is 11.1. The number of nitrogens with zero attached hydrogens (tertiary/aromatic N) is 2. The summed E-state index contributed by atoms with van der Waals surface area (Å²) in [5.41, 5.74) is 0.750. The molecule has 0 radical (unpaired) electrons. The van der Waals surface area contributed by atoms with Crippen molar-refractivity contribution in [3.05, 3.63) is 37.7 Å². The van der Waals surface area contributed by atoms with Crippen LogP contribution in [-0.2, 0) is 7.05 Å². The van der Waals surface area contributed by atoms with Crippen molar-refractivity contribution < 1.29 is 5.11 Å². The maximum absolute atomic E-state index is 10.1. The number of aliphatic hydroxyl groups excluding tert-OH is 1. The molecule has 0 aliphatic rings. The molecule has 0 fully saturated rings. The maximum atomic E-state index is 10.1. The highest BCUT2D eigenvalue weighted by Gasteiger charge is 2.17. The molecular formula is C9H8BrClN2OS. The van der Waals surface area contributed by atoms with E-state index in [-0.39, 0.29) is 0 Å². The Morgan fingerprint density at radius 3 is 2.87 bits per heavy atom. The van der Waals surface area contributed by atoms with Gasteiger partial charge in [-0.3, -0.25) is 4.68 Å². The Bertz CT molecular complexity index is 463. The van der Waals surface area contributed by atoms with Crippen LogP contribution in [0, 0.1) is 0 Å². The van der Waals surface area contributed by atoms with Gasteiger partial charge in [-0.25, -0.2) is 0 Å². The summed E-state index contributed by atoms with van der Waals surface area (Å²) in [5.74, 6) is 0. The standard InChI is InChI=1S/C9H8BrClN2OS/c1-13-6(2-3-12-13)8(14)7-4-5(10)9(11)15-7/h2-4,8,14H,1H3. The van der Waals surface area contributed by atoms with Crippen LogP contribution in [0.5, 0.6) is 0 Å². The monoisotopic (exact) mass is 306 g/mol. The van der Waals surface area contributed by atoms with E-state index in [1.807, 2.05) is 6.07 Å². The van der Waals surface area contributed by atoms with Crippen LogP contribution in [0.3, 0.4) is 0 Å². The van der Waals surface area contributed by atoms with E-state index >= 15 is 0 Å². The van der Waals surface area contributed by atoms with Gasteiger partial charge in [-0.15, -0.1) is 11.3 Å². The van der Waals surface area contributed by atoms with Crippen LogP contribution in [0.4, 0.5) is 0 Å². The van der Waals surface area contributed by atoms with E-state index < -0.39 is 6.10 Å². The zero-order chi connectivity index (χ0) is 11.0.